The predicted molar refractivity (Wildman–Crippen MR) is 92.0 cm³/mol. The molecule has 0 aromatic rings. The van der Waals surface area contributed by atoms with E-state index in [2.05, 4.69) is 25.3 Å². The maximum Gasteiger partial charge on any atom is 0.317 e. The Morgan fingerprint density at radius 3 is 2.88 bits per heavy atom. The average molecular weight is 330 g/mol. The van der Waals surface area contributed by atoms with E-state index in [9.17, 15) is 9.59 Å². The highest BCUT2D eigenvalue weighted by Gasteiger charge is 2.56. The SMILES string of the molecule is C=C[C@@]1(C)COC(=O)C1C(=O)[C@@]1(C)C(C#CCOC)=CCC[C@H]1C. The van der Waals surface area contributed by atoms with Gasteiger partial charge in [-0.1, -0.05) is 37.8 Å². The van der Waals surface area contributed by atoms with Crippen molar-refractivity contribution in [3.05, 3.63) is 24.3 Å². The van der Waals surface area contributed by atoms with Gasteiger partial charge in [-0.2, -0.15) is 0 Å². The van der Waals surface area contributed by atoms with Crippen molar-refractivity contribution >= 4 is 11.8 Å². The van der Waals surface area contributed by atoms with Crippen molar-refractivity contribution in [2.24, 2.45) is 22.7 Å². The van der Waals surface area contributed by atoms with Gasteiger partial charge in [0.05, 0.1) is 5.41 Å². The zero-order valence-electron chi connectivity index (χ0n) is 15.0. The topological polar surface area (TPSA) is 52.6 Å². The number of Topliss-reactive ketones (excluding diaryl/α,β-unsaturated/α-hetero) is 1. The summed E-state index contributed by atoms with van der Waals surface area (Å²) in [6.07, 6.45) is 5.46. The molecule has 0 amide bonds. The first-order valence-corrected chi connectivity index (χ1v) is 8.34. The van der Waals surface area contributed by atoms with E-state index in [-0.39, 0.29) is 18.3 Å². The van der Waals surface area contributed by atoms with Crippen LogP contribution in [0.1, 0.15) is 33.6 Å². The first-order valence-electron chi connectivity index (χ1n) is 8.34. The van der Waals surface area contributed by atoms with Gasteiger partial charge in [0.2, 0.25) is 0 Å². The number of ether oxygens (including phenoxy) is 2. The van der Waals surface area contributed by atoms with E-state index in [0.717, 1.165) is 18.4 Å². The molecule has 1 unspecified atom stereocenters. The zero-order valence-corrected chi connectivity index (χ0v) is 15.0. The maximum atomic E-state index is 13.5. The van der Waals surface area contributed by atoms with Gasteiger partial charge in [0, 0.05) is 18.1 Å². The minimum absolute atomic E-state index is 0.101. The summed E-state index contributed by atoms with van der Waals surface area (Å²) in [7, 11) is 1.58. The molecular weight excluding hydrogens is 304 g/mol. The van der Waals surface area contributed by atoms with Gasteiger partial charge in [-0.15, -0.1) is 6.58 Å². The molecule has 0 aromatic heterocycles. The van der Waals surface area contributed by atoms with Gasteiger partial charge >= 0.3 is 5.97 Å². The summed E-state index contributed by atoms with van der Waals surface area (Å²) in [4.78, 5) is 25.8. The Morgan fingerprint density at radius 1 is 1.54 bits per heavy atom. The second-order valence-corrected chi connectivity index (χ2v) is 7.15. The van der Waals surface area contributed by atoms with Crippen molar-refractivity contribution < 1.29 is 19.1 Å². The number of esters is 1. The van der Waals surface area contributed by atoms with Gasteiger partial charge in [-0.05, 0) is 25.7 Å². The number of carbonyl (C=O) groups excluding carboxylic acids is 2. The van der Waals surface area contributed by atoms with Crippen LogP contribution in [0.3, 0.4) is 0 Å². The van der Waals surface area contributed by atoms with Gasteiger partial charge in [-0.3, -0.25) is 9.59 Å². The molecule has 0 radical (unpaired) electrons. The van der Waals surface area contributed by atoms with Crippen LogP contribution in [0.25, 0.3) is 0 Å². The lowest BCUT2D eigenvalue weighted by Crippen LogP contribution is -2.47. The molecule has 0 spiro atoms. The number of allylic oxidation sites excluding steroid dienone is 2. The molecule has 1 aliphatic carbocycles. The lowest BCUT2D eigenvalue weighted by molar-refractivity contribution is -0.148. The van der Waals surface area contributed by atoms with Gasteiger partial charge in [-0.25, -0.2) is 0 Å². The minimum Gasteiger partial charge on any atom is -0.464 e. The number of hydrogen-bond acceptors (Lipinski definition) is 4. The Balaban J connectivity index is 2.45. The lowest BCUT2D eigenvalue weighted by atomic mass is 9.59. The van der Waals surface area contributed by atoms with E-state index in [4.69, 9.17) is 9.47 Å². The molecule has 1 fully saturated rings. The fourth-order valence-corrected chi connectivity index (χ4v) is 3.55. The Bertz CT molecular complexity index is 636. The predicted octanol–water partition coefficient (Wildman–Crippen LogP) is 2.93. The molecule has 1 saturated heterocycles. The smallest absolute Gasteiger partial charge is 0.317 e. The number of ketones is 1. The minimum atomic E-state index is -0.826. The quantitative estimate of drug-likeness (QED) is 0.344. The summed E-state index contributed by atoms with van der Waals surface area (Å²) < 4.78 is 10.2. The molecule has 4 heteroatoms. The van der Waals surface area contributed by atoms with Crippen LogP contribution in [-0.4, -0.2) is 32.1 Å². The van der Waals surface area contributed by atoms with E-state index in [1.165, 1.54) is 0 Å². The number of hydrogen-bond donors (Lipinski definition) is 0. The van der Waals surface area contributed by atoms with Crippen LogP contribution in [0.4, 0.5) is 0 Å². The Labute approximate surface area is 144 Å². The van der Waals surface area contributed by atoms with Crippen LogP contribution >= 0.6 is 0 Å². The Hall–Kier alpha value is -1.86. The van der Waals surface area contributed by atoms with E-state index < -0.39 is 22.7 Å². The van der Waals surface area contributed by atoms with E-state index in [1.54, 1.807) is 13.2 Å². The summed E-state index contributed by atoms with van der Waals surface area (Å²) in [5, 5.41) is 0. The molecule has 1 aliphatic heterocycles. The number of methoxy groups -OCH3 is 1. The third-order valence-corrected chi connectivity index (χ3v) is 5.59. The molecule has 0 aromatic carbocycles. The van der Waals surface area contributed by atoms with Crippen LogP contribution < -0.4 is 0 Å². The average Bonchev–Trinajstić information content (AvgIpc) is 2.86. The van der Waals surface area contributed by atoms with Crippen molar-refractivity contribution in [1.82, 2.24) is 0 Å². The highest BCUT2D eigenvalue weighted by atomic mass is 16.5. The van der Waals surface area contributed by atoms with Gasteiger partial charge < -0.3 is 9.47 Å². The third kappa shape index (κ3) is 2.93. The first-order chi connectivity index (χ1) is 11.3. The van der Waals surface area contributed by atoms with Crippen molar-refractivity contribution in [3.8, 4) is 11.8 Å². The highest BCUT2D eigenvalue weighted by Crippen LogP contribution is 2.48. The maximum absolute atomic E-state index is 13.5. The summed E-state index contributed by atoms with van der Waals surface area (Å²) >= 11 is 0. The van der Waals surface area contributed by atoms with E-state index in [0.29, 0.717) is 6.61 Å². The largest absolute Gasteiger partial charge is 0.464 e. The molecule has 0 N–H and O–H groups in total. The number of carbonyl (C=O) groups is 2. The molecule has 2 rings (SSSR count). The summed E-state index contributed by atoms with van der Waals surface area (Å²) in [5.74, 6) is 4.75. The monoisotopic (exact) mass is 330 g/mol. The molecular formula is C20H26O4. The molecule has 0 bridgehead atoms. The summed E-state index contributed by atoms with van der Waals surface area (Å²) in [6, 6.07) is 0. The number of cyclic esters (lactones) is 1. The normalized spacial score (nSPS) is 35.5. The third-order valence-electron chi connectivity index (χ3n) is 5.59. The zero-order chi connectivity index (χ0) is 18.0. The molecule has 4 atom stereocenters. The first kappa shape index (κ1) is 18.5. The van der Waals surface area contributed by atoms with Crippen molar-refractivity contribution in [2.75, 3.05) is 20.3 Å². The highest BCUT2D eigenvalue weighted by molar-refractivity contribution is 6.06. The second kappa shape index (κ2) is 6.94. The van der Waals surface area contributed by atoms with Crippen molar-refractivity contribution in [2.45, 2.75) is 33.6 Å². The second-order valence-electron chi connectivity index (χ2n) is 7.15. The fourth-order valence-electron chi connectivity index (χ4n) is 3.55. The number of rotatable bonds is 4. The van der Waals surface area contributed by atoms with Crippen LogP contribution in [0.15, 0.2) is 24.3 Å². The molecule has 24 heavy (non-hydrogen) atoms. The molecule has 1 heterocycles. The van der Waals surface area contributed by atoms with Crippen LogP contribution in [0.5, 0.6) is 0 Å². The van der Waals surface area contributed by atoms with Gasteiger partial charge in [0.1, 0.15) is 19.1 Å². The van der Waals surface area contributed by atoms with Crippen LogP contribution in [-0.2, 0) is 19.1 Å². The fraction of sp³-hybridized carbons (Fsp3) is 0.600. The van der Waals surface area contributed by atoms with Crippen molar-refractivity contribution in [3.63, 3.8) is 0 Å². The van der Waals surface area contributed by atoms with Crippen LogP contribution in [0, 0.1) is 34.5 Å². The van der Waals surface area contributed by atoms with E-state index >= 15 is 0 Å². The lowest BCUT2D eigenvalue weighted by Gasteiger charge is -2.40. The standard InChI is InChI=1S/C20H26O4/c1-6-19(3)13-24-18(22)16(19)17(21)20(4)14(2)9-7-10-15(20)11-8-12-23-5/h6,10,14,16H,1,7,9,12-13H2,2-5H3/t14-,16?,19+,20-/m1/s1. The molecule has 130 valence electrons. The summed E-state index contributed by atoms with van der Waals surface area (Å²) in [6.45, 7) is 10.1. The molecule has 4 nitrogen and oxygen atoms in total. The Kier molecular flexibility index (Phi) is 5.35. The molecule has 0 saturated carbocycles. The summed E-state index contributed by atoms with van der Waals surface area (Å²) in [5.41, 5.74) is -0.675. The van der Waals surface area contributed by atoms with Crippen LogP contribution in [0.2, 0.25) is 0 Å². The van der Waals surface area contributed by atoms with E-state index in [1.807, 2.05) is 19.9 Å². The molecule has 2 aliphatic rings. The van der Waals surface area contributed by atoms with Crippen molar-refractivity contribution in [1.29, 1.82) is 0 Å². The Morgan fingerprint density at radius 2 is 2.25 bits per heavy atom. The van der Waals surface area contributed by atoms with Gasteiger partial charge in [0.25, 0.3) is 0 Å². The van der Waals surface area contributed by atoms with Gasteiger partial charge in [0.15, 0.2) is 5.78 Å².